The molecule has 214 valence electrons. The van der Waals surface area contributed by atoms with E-state index in [4.69, 9.17) is 0 Å². The van der Waals surface area contributed by atoms with E-state index in [1.165, 1.54) is 4.90 Å². The van der Waals surface area contributed by atoms with Crippen LogP contribution in [0.1, 0.15) is 51.3 Å². The highest BCUT2D eigenvalue weighted by Crippen LogP contribution is 2.33. The summed E-state index contributed by atoms with van der Waals surface area (Å²) in [6, 6.07) is 19.5. The molecule has 2 N–H and O–H groups in total. The minimum absolute atomic E-state index is 0.119. The van der Waals surface area contributed by atoms with Gasteiger partial charge in [-0.2, -0.15) is 0 Å². The van der Waals surface area contributed by atoms with Gasteiger partial charge in [-0.15, -0.1) is 0 Å². The molecule has 7 heteroatoms. The Morgan fingerprint density at radius 3 is 2.36 bits per heavy atom. The summed E-state index contributed by atoms with van der Waals surface area (Å²) >= 11 is 0. The lowest BCUT2D eigenvalue weighted by atomic mass is 9.96. The SMILES string of the molecule is CCCCC(=O)N(Cc1ccc(-c2ccccc2-c2ccc(C3=NC=CC3=C3C=CC=N3)[nH]2)cc1)[C@H](C(=O)O)C(C)C. The number of nitrogens with zero attached hydrogens (tertiary/aromatic N) is 3. The fourth-order valence-electron chi connectivity index (χ4n) is 5.45. The van der Waals surface area contributed by atoms with Crippen LogP contribution in [-0.2, 0) is 16.1 Å². The zero-order valence-electron chi connectivity index (χ0n) is 24.2. The van der Waals surface area contributed by atoms with E-state index < -0.39 is 12.0 Å². The van der Waals surface area contributed by atoms with E-state index in [1.807, 2.05) is 81.5 Å². The van der Waals surface area contributed by atoms with Gasteiger partial charge in [0, 0.05) is 42.2 Å². The molecule has 5 rings (SSSR count). The van der Waals surface area contributed by atoms with Gasteiger partial charge in [0.2, 0.25) is 5.91 Å². The van der Waals surface area contributed by atoms with E-state index in [0.717, 1.165) is 63.5 Å². The van der Waals surface area contributed by atoms with Crippen LogP contribution in [0.3, 0.4) is 0 Å². The van der Waals surface area contributed by atoms with Crippen molar-refractivity contribution in [1.29, 1.82) is 0 Å². The van der Waals surface area contributed by atoms with Gasteiger partial charge < -0.3 is 15.0 Å². The number of aliphatic imine (C=N–C) groups is 2. The lowest BCUT2D eigenvalue weighted by molar-refractivity contribution is -0.153. The minimum atomic E-state index is -0.971. The van der Waals surface area contributed by atoms with Crippen LogP contribution >= 0.6 is 0 Å². The number of carbonyl (C=O) groups is 2. The first kappa shape index (κ1) is 28.7. The fourth-order valence-corrected chi connectivity index (χ4v) is 5.45. The number of carboxylic acid groups (broad SMARTS) is 1. The van der Waals surface area contributed by atoms with E-state index >= 15 is 0 Å². The Hall–Kier alpha value is -4.78. The average molecular weight is 561 g/mol. The van der Waals surface area contributed by atoms with Crippen molar-refractivity contribution >= 4 is 23.8 Å². The van der Waals surface area contributed by atoms with E-state index in [0.29, 0.717) is 6.42 Å². The second kappa shape index (κ2) is 12.8. The summed E-state index contributed by atoms with van der Waals surface area (Å²) in [6.45, 7) is 5.97. The lowest BCUT2D eigenvalue weighted by Crippen LogP contribution is -2.47. The number of amides is 1. The van der Waals surface area contributed by atoms with Gasteiger partial charge in [-0.1, -0.05) is 75.7 Å². The van der Waals surface area contributed by atoms with Crippen LogP contribution in [0.25, 0.3) is 22.4 Å². The highest BCUT2D eigenvalue weighted by molar-refractivity contribution is 6.16. The van der Waals surface area contributed by atoms with Crippen molar-refractivity contribution < 1.29 is 14.7 Å². The molecule has 42 heavy (non-hydrogen) atoms. The summed E-state index contributed by atoms with van der Waals surface area (Å²) in [5.41, 5.74) is 8.68. The van der Waals surface area contributed by atoms with Crippen LogP contribution < -0.4 is 0 Å². The normalized spacial score (nSPS) is 16.3. The molecule has 0 radical (unpaired) electrons. The molecule has 3 aromatic rings. The topological polar surface area (TPSA) is 98.1 Å². The van der Waals surface area contributed by atoms with Crippen LogP contribution in [0.4, 0.5) is 0 Å². The van der Waals surface area contributed by atoms with Gasteiger partial charge >= 0.3 is 5.97 Å². The van der Waals surface area contributed by atoms with E-state index in [9.17, 15) is 14.7 Å². The number of carboxylic acids is 1. The standard InChI is InChI=1S/C35H36N4O3/c1-4-5-12-32(40)39(34(23(2)3)35(41)42)22-24-13-15-25(16-14-24)26-9-6-7-10-27(26)30-17-18-31(38-30)33-28(19-21-37-33)29-11-8-20-36-29/h6-11,13-21,23,34,38H,4-5,12,22H2,1-3H3,(H,41,42)/t34-/m0/s1. The molecule has 0 saturated carbocycles. The van der Waals surface area contributed by atoms with Crippen molar-refractivity contribution in [3.8, 4) is 22.4 Å². The summed E-state index contributed by atoms with van der Waals surface area (Å²) in [4.78, 5) is 39.3. The van der Waals surface area contributed by atoms with E-state index in [2.05, 4.69) is 33.2 Å². The van der Waals surface area contributed by atoms with Crippen molar-refractivity contribution in [3.63, 3.8) is 0 Å². The highest BCUT2D eigenvalue weighted by Gasteiger charge is 2.32. The number of hydrogen-bond donors (Lipinski definition) is 2. The second-order valence-corrected chi connectivity index (χ2v) is 10.9. The Kier molecular flexibility index (Phi) is 8.77. The predicted octanol–water partition coefficient (Wildman–Crippen LogP) is 7.19. The lowest BCUT2D eigenvalue weighted by Gasteiger charge is -2.32. The van der Waals surface area contributed by atoms with Gasteiger partial charge in [-0.25, -0.2) is 4.79 Å². The first-order valence-electron chi connectivity index (χ1n) is 14.5. The molecule has 2 aliphatic rings. The molecule has 0 fully saturated rings. The number of aromatic amines is 1. The van der Waals surface area contributed by atoms with Gasteiger partial charge in [0.25, 0.3) is 0 Å². The fraction of sp³-hybridized carbons (Fsp3) is 0.257. The molecule has 7 nitrogen and oxygen atoms in total. The average Bonchev–Trinajstić information content (AvgIpc) is 3.77. The Balaban J connectivity index is 1.40. The molecular formula is C35H36N4O3. The third kappa shape index (κ3) is 6.10. The predicted molar refractivity (Wildman–Crippen MR) is 168 cm³/mol. The maximum absolute atomic E-state index is 13.1. The van der Waals surface area contributed by atoms with Gasteiger partial charge in [0.05, 0.1) is 17.1 Å². The molecule has 0 bridgehead atoms. The van der Waals surface area contributed by atoms with Gasteiger partial charge in [-0.3, -0.25) is 14.8 Å². The number of carbonyl (C=O) groups excluding carboxylic acids is 1. The van der Waals surface area contributed by atoms with E-state index in [-0.39, 0.29) is 18.4 Å². The van der Waals surface area contributed by atoms with Crippen molar-refractivity contribution in [1.82, 2.24) is 9.88 Å². The van der Waals surface area contributed by atoms with Crippen LogP contribution in [-0.4, -0.2) is 44.8 Å². The summed E-state index contributed by atoms with van der Waals surface area (Å²) in [5, 5.41) is 9.92. The number of rotatable bonds is 11. The Morgan fingerprint density at radius 1 is 0.952 bits per heavy atom. The second-order valence-electron chi connectivity index (χ2n) is 10.9. The largest absolute Gasteiger partial charge is 0.480 e. The van der Waals surface area contributed by atoms with Crippen molar-refractivity contribution in [2.24, 2.45) is 15.9 Å². The Bertz CT molecular complexity index is 1610. The molecule has 0 saturated heterocycles. The number of hydrogen-bond acceptors (Lipinski definition) is 4. The van der Waals surface area contributed by atoms with Crippen molar-refractivity contribution in [3.05, 3.63) is 108 Å². The molecule has 2 aliphatic heterocycles. The molecule has 0 spiro atoms. The Morgan fingerprint density at radius 2 is 1.69 bits per heavy atom. The number of allylic oxidation sites excluding steroid dienone is 4. The molecule has 0 aliphatic carbocycles. The number of H-pyrrole nitrogens is 1. The molecule has 1 atom stereocenters. The zero-order chi connectivity index (χ0) is 29.6. The zero-order valence-corrected chi connectivity index (χ0v) is 24.2. The summed E-state index contributed by atoms with van der Waals surface area (Å²) in [7, 11) is 0. The number of aromatic nitrogens is 1. The van der Waals surface area contributed by atoms with Crippen LogP contribution in [0.15, 0.2) is 106 Å². The maximum Gasteiger partial charge on any atom is 0.326 e. The third-order valence-electron chi connectivity index (χ3n) is 7.59. The third-order valence-corrected chi connectivity index (χ3v) is 7.59. The first-order valence-corrected chi connectivity index (χ1v) is 14.5. The van der Waals surface area contributed by atoms with Crippen LogP contribution in [0.2, 0.25) is 0 Å². The quantitative estimate of drug-likeness (QED) is 0.260. The minimum Gasteiger partial charge on any atom is -0.480 e. The van der Waals surface area contributed by atoms with Gasteiger partial charge in [0.15, 0.2) is 0 Å². The highest BCUT2D eigenvalue weighted by atomic mass is 16.4. The van der Waals surface area contributed by atoms with Gasteiger partial charge in [0.1, 0.15) is 6.04 Å². The molecule has 1 aromatic heterocycles. The molecular weight excluding hydrogens is 524 g/mol. The van der Waals surface area contributed by atoms with Crippen LogP contribution in [0.5, 0.6) is 0 Å². The molecule has 1 amide bonds. The molecule has 0 unspecified atom stereocenters. The Labute approximate surface area is 246 Å². The van der Waals surface area contributed by atoms with Crippen molar-refractivity contribution in [2.45, 2.75) is 52.6 Å². The summed E-state index contributed by atoms with van der Waals surface area (Å²) in [5.74, 6) is -1.29. The van der Waals surface area contributed by atoms with Crippen LogP contribution in [0, 0.1) is 5.92 Å². The van der Waals surface area contributed by atoms with E-state index in [1.54, 1.807) is 12.4 Å². The maximum atomic E-state index is 13.1. The smallest absolute Gasteiger partial charge is 0.326 e. The number of unbranched alkanes of at least 4 members (excludes halogenated alkanes) is 1. The molecule has 2 aromatic carbocycles. The summed E-state index contributed by atoms with van der Waals surface area (Å²) < 4.78 is 0. The first-order chi connectivity index (χ1) is 20.4. The summed E-state index contributed by atoms with van der Waals surface area (Å²) in [6.07, 6.45) is 11.4. The number of benzene rings is 2. The monoisotopic (exact) mass is 560 g/mol. The number of aliphatic carboxylic acids is 1. The number of nitrogens with one attached hydrogen (secondary N) is 1. The van der Waals surface area contributed by atoms with Gasteiger partial charge in [-0.05, 0) is 59.4 Å². The van der Waals surface area contributed by atoms with Crippen molar-refractivity contribution in [2.75, 3.05) is 0 Å². The molecule has 3 heterocycles.